The van der Waals surface area contributed by atoms with Crippen LogP contribution in [0.25, 0.3) is 10.2 Å². The number of carbonyl (C=O) groups is 1. The number of benzene rings is 2. The van der Waals surface area contributed by atoms with Gasteiger partial charge in [-0.1, -0.05) is 36.3 Å². The molecule has 10 heteroatoms. The number of thiazole rings is 1. The number of halogens is 1. The largest absolute Gasteiger partial charge is 0.308 e. The molecule has 0 N–H and O–H groups in total. The van der Waals surface area contributed by atoms with E-state index in [4.69, 9.17) is 16.6 Å². The normalized spacial score (nSPS) is 17.1. The zero-order valence-electron chi connectivity index (χ0n) is 21.2. The predicted molar refractivity (Wildman–Crippen MR) is 148 cm³/mol. The van der Waals surface area contributed by atoms with Crippen molar-refractivity contribution >= 4 is 54.2 Å². The summed E-state index contributed by atoms with van der Waals surface area (Å²) in [6.07, 6.45) is 3.61. The molecule has 0 bridgehead atoms. The number of amides is 1. The van der Waals surface area contributed by atoms with E-state index in [2.05, 4.69) is 0 Å². The van der Waals surface area contributed by atoms with Crippen molar-refractivity contribution < 1.29 is 13.2 Å². The third-order valence-electron chi connectivity index (χ3n) is 6.64. The summed E-state index contributed by atoms with van der Waals surface area (Å²) in [6.45, 7) is 5.63. The van der Waals surface area contributed by atoms with E-state index >= 15 is 0 Å². The van der Waals surface area contributed by atoms with Crippen LogP contribution in [0.1, 0.15) is 48.5 Å². The monoisotopic (exact) mass is 548 g/mol. The highest BCUT2D eigenvalue weighted by Crippen LogP contribution is 2.34. The molecule has 2 aromatic carbocycles. The van der Waals surface area contributed by atoms with Crippen LogP contribution in [0, 0.1) is 6.92 Å². The number of carbonyl (C=O) groups excluding carboxylic acids is 1. The molecule has 1 unspecified atom stereocenters. The molecule has 1 atom stereocenters. The highest BCUT2D eigenvalue weighted by atomic mass is 35.5. The van der Waals surface area contributed by atoms with Gasteiger partial charge in [0.2, 0.25) is 10.0 Å². The predicted octanol–water partition coefficient (Wildman–Crippen LogP) is 5.42. The van der Waals surface area contributed by atoms with Gasteiger partial charge in [0.1, 0.15) is 0 Å². The molecule has 1 saturated heterocycles. The molecule has 0 radical (unpaired) electrons. The molecule has 2 heterocycles. The fraction of sp³-hybridized carbons (Fsp3) is 0.462. The van der Waals surface area contributed by atoms with Crippen molar-refractivity contribution in [2.75, 3.05) is 38.6 Å². The Balaban J connectivity index is 1.64. The summed E-state index contributed by atoms with van der Waals surface area (Å²) in [5.41, 5.74) is 2.21. The number of sulfonamides is 1. The van der Waals surface area contributed by atoms with Crippen LogP contribution in [0.5, 0.6) is 0 Å². The number of fused-ring (bicyclic) bond motifs is 1. The maximum Gasteiger partial charge on any atom is 0.260 e. The molecule has 4 rings (SSSR count). The van der Waals surface area contributed by atoms with Gasteiger partial charge in [0.25, 0.3) is 5.91 Å². The fourth-order valence-electron chi connectivity index (χ4n) is 4.60. The maximum absolute atomic E-state index is 13.6. The zero-order chi connectivity index (χ0) is 26.0. The summed E-state index contributed by atoms with van der Waals surface area (Å²) in [5.74, 6) is -0.215. The summed E-state index contributed by atoms with van der Waals surface area (Å²) in [5, 5.41) is 1.23. The minimum atomic E-state index is -3.61. The Kier molecular flexibility index (Phi) is 8.36. The third kappa shape index (κ3) is 5.60. The van der Waals surface area contributed by atoms with E-state index in [0.717, 1.165) is 41.5 Å². The Hall–Kier alpha value is -2.04. The number of aryl methyl sites for hydroxylation is 1. The van der Waals surface area contributed by atoms with E-state index in [9.17, 15) is 13.2 Å². The first kappa shape index (κ1) is 27.0. The number of nitrogens with zero attached hydrogens (tertiary/aromatic N) is 4. The lowest BCUT2D eigenvalue weighted by Gasteiger charge is -2.34. The molecule has 0 spiro atoms. The molecule has 1 aromatic heterocycles. The van der Waals surface area contributed by atoms with Gasteiger partial charge in [-0.25, -0.2) is 13.4 Å². The van der Waals surface area contributed by atoms with Gasteiger partial charge in [-0.3, -0.25) is 9.69 Å². The second-order valence-electron chi connectivity index (χ2n) is 9.52. The van der Waals surface area contributed by atoms with Crippen LogP contribution in [0.2, 0.25) is 5.02 Å². The van der Waals surface area contributed by atoms with Crippen molar-refractivity contribution in [1.29, 1.82) is 0 Å². The van der Waals surface area contributed by atoms with Gasteiger partial charge >= 0.3 is 0 Å². The van der Waals surface area contributed by atoms with Crippen LogP contribution in [-0.2, 0) is 10.0 Å². The molecular weight excluding hydrogens is 516 g/mol. The van der Waals surface area contributed by atoms with Gasteiger partial charge in [0.05, 0.1) is 15.1 Å². The van der Waals surface area contributed by atoms with Gasteiger partial charge < -0.3 is 4.90 Å². The summed E-state index contributed by atoms with van der Waals surface area (Å²) in [4.78, 5) is 22.3. The second kappa shape index (κ2) is 11.1. The van der Waals surface area contributed by atoms with E-state index in [1.165, 1.54) is 11.3 Å². The van der Waals surface area contributed by atoms with Crippen molar-refractivity contribution in [3.8, 4) is 0 Å². The van der Waals surface area contributed by atoms with Gasteiger partial charge in [0.15, 0.2) is 5.13 Å². The molecule has 3 aromatic rings. The molecule has 36 heavy (non-hydrogen) atoms. The van der Waals surface area contributed by atoms with E-state index in [0.29, 0.717) is 35.4 Å². The Morgan fingerprint density at radius 1 is 1.17 bits per heavy atom. The number of hydrogen-bond donors (Lipinski definition) is 0. The SMILES string of the molecule is CCC1CCCCN1S(=O)(=O)c1ccc(C(=O)N(CCN(C)C)c2nc3c(C)cc(Cl)cc3s2)cc1. The molecule has 194 valence electrons. The van der Waals surface area contributed by atoms with E-state index in [1.54, 1.807) is 33.5 Å². The maximum atomic E-state index is 13.6. The van der Waals surface area contributed by atoms with Crippen molar-refractivity contribution in [2.24, 2.45) is 0 Å². The number of aromatic nitrogens is 1. The number of piperidine rings is 1. The van der Waals surface area contributed by atoms with Gasteiger partial charge in [-0.2, -0.15) is 4.31 Å². The second-order valence-corrected chi connectivity index (χ2v) is 12.9. The minimum absolute atomic E-state index is 0.0302. The lowest BCUT2D eigenvalue weighted by molar-refractivity contribution is 0.0985. The van der Waals surface area contributed by atoms with Crippen LogP contribution in [0.15, 0.2) is 41.3 Å². The van der Waals surface area contributed by atoms with Gasteiger partial charge in [-0.15, -0.1) is 0 Å². The van der Waals surface area contributed by atoms with Crippen LogP contribution >= 0.6 is 22.9 Å². The average molecular weight is 549 g/mol. The summed E-state index contributed by atoms with van der Waals surface area (Å²) in [7, 11) is 0.299. The minimum Gasteiger partial charge on any atom is -0.308 e. The quantitative estimate of drug-likeness (QED) is 0.376. The van der Waals surface area contributed by atoms with Crippen molar-refractivity contribution in [3.05, 3.63) is 52.5 Å². The van der Waals surface area contributed by atoms with E-state index in [-0.39, 0.29) is 16.8 Å². The summed E-state index contributed by atoms with van der Waals surface area (Å²) in [6, 6.07) is 10.1. The standard InChI is InChI=1S/C26H33ClN4O3S2/c1-5-21-8-6-7-13-31(21)36(33,34)22-11-9-19(10-12-22)25(32)30(15-14-29(3)4)26-28-24-18(2)16-20(27)17-23(24)35-26/h9-12,16-17,21H,5-8,13-15H2,1-4H3. The number of likely N-dealkylation sites (N-methyl/N-ethyl adjacent to an activating group) is 1. The number of hydrogen-bond acceptors (Lipinski definition) is 6. The van der Waals surface area contributed by atoms with E-state index < -0.39 is 10.0 Å². The topological polar surface area (TPSA) is 73.8 Å². The van der Waals surface area contributed by atoms with Crippen molar-refractivity contribution in [2.45, 2.75) is 50.5 Å². The first-order valence-electron chi connectivity index (χ1n) is 12.3. The van der Waals surface area contributed by atoms with Crippen molar-refractivity contribution in [1.82, 2.24) is 14.2 Å². The Bertz CT molecular complexity index is 1340. The number of rotatable bonds is 8. The van der Waals surface area contributed by atoms with Crippen LogP contribution < -0.4 is 4.90 Å². The first-order chi connectivity index (χ1) is 17.1. The Labute approximate surface area is 222 Å². The first-order valence-corrected chi connectivity index (χ1v) is 14.9. The molecule has 7 nitrogen and oxygen atoms in total. The zero-order valence-corrected chi connectivity index (χ0v) is 23.6. The van der Waals surface area contributed by atoms with Gasteiger partial charge in [-0.05, 0) is 82.2 Å². The van der Waals surface area contributed by atoms with Crippen LogP contribution in [0.4, 0.5) is 5.13 Å². The van der Waals surface area contributed by atoms with Crippen LogP contribution in [0.3, 0.4) is 0 Å². The fourth-order valence-corrected chi connectivity index (χ4v) is 7.81. The molecule has 1 aliphatic heterocycles. The van der Waals surface area contributed by atoms with Gasteiger partial charge in [0, 0.05) is 36.3 Å². The molecule has 1 amide bonds. The van der Waals surface area contributed by atoms with E-state index in [1.807, 2.05) is 45.0 Å². The lowest BCUT2D eigenvalue weighted by atomic mass is 10.0. The van der Waals surface area contributed by atoms with Crippen LogP contribution in [-0.4, -0.2) is 68.3 Å². The molecule has 0 aliphatic carbocycles. The average Bonchev–Trinajstić information content (AvgIpc) is 3.28. The highest BCUT2D eigenvalue weighted by Gasteiger charge is 2.32. The summed E-state index contributed by atoms with van der Waals surface area (Å²) < 4.78 is 29.2. The lowest BCUT2D eigenvalue weighted by Crippen LogP contribution is -2.43. The third-order valence-corrected chi connectivity index (χ3v) is 9.85. The Morgan fingerprint density at radius 2 is 1.89 bits per heavy atom. The Morgan fingerprint density at radius 3 is 2.56 bits per heavy atom. The summed E-state index contributed by atoms with van der Waals surface area (Å²) >= 11 is 7.66. The molecule has 1 fully saturated rings. The molecule has 1 aliphatic rings. The number of anilines is 1. The molecular formula is C26H33ClN4O3S2. The molecule has 0 saturated carbocycles. The smallest absolute Gasteiger partial charge is 0.260 e. The highest BCUT2D eigenvalue weighted by molar-refractivity contribution is 7.89. The van der Waals surface area contributed by atoms with Crippen molar-refractivity contribution in [3.63, 3.8) is 0 Å².